The summed E-state index contributed by atoms with van der Waals surface area (Å²) in [5.41, 5.74) is 0. The fourth-order valence-electron chi connectivity index (χ4n) is 0.428. The highest BCUT2D eigenvalue weighted by atomic mass is 16.7. The predicted octanol–water partition coefficient (Wildman–Crippen LogP) is 0.533. The van der Waals surface area contributed by atoms with Gasteiger partial charge in [0.2, 0.25) is 5.88 Å². The highest BCUT2D eigenvalue weighted by Crippen LogP contribution is 2.00. The molecule has 1 aromatic heterocycles. The molecule has 0 saturated heterocycles. The molecule has 0 unspecified atom stereocenters. The van der Waals surface area contributed by atoms with Crippen molar-refractivity contribution in [1.82, 2.24) is 9.97 Å². The SMILES string of the molecule is O=C(O)Oc1ccncn1. The number of carbonyl (C=O) groups is 1. The molecule has 1 heterocycles. The molecule has 0 aromatic carbocycles. The van der Waals surface area contributed by atoms with Gasteiger partial charge in [-0.2, -0.15) is 0 Å². The van der Waals surface area contributed by atoms with Crippen LogP contribution in [0.2, 0.25) is 0 Å². The second-order valence-electron chi connectivity index (χ2n) is 1.42. The van der Waals surface area contributed by atoms with Gasteiger partial charge >= 0.3 is 6.16 Å². The largest absolute Gasteiger partial charge is 0.512 e. The Labute approximate surface area is 56.3 Å². The van der Waals surface area contributed by atoms with Crippen LogP contribution in [0.1, 0.15) is 0 Å². The maximum absolute atomic E-state index is 9.89. The Morgan fingerprint density at radius 2 is 2.50 bits per heavy atom. The molecule has 1 rings (SSSR count). The summed E-state index contributed by atoms with van der Waals surface area (Å²) < 4.78 is 4.18. The van der Waals surface area contributed by atoms with Gasteiger partial charge in [-0.25, -0.2) is 14.8 Å². The van der Waals surface area contributed by atoms with E-state index in [0.29, 0.717) is 0 Å². The molecule has 0 amide bonds. The number of hydrogen-bond acceptors (Lipinski definition) is 4. The molecule has 1 N–H and O–H groups in total. The third-order valence-corrected chi connectivity index (χ3v) is 0.747. The van der Waals surface area contributed by atoms with E-state index < -0.39 is 6.16 Å². The van der Waals surface area contributed by atoms with Crippen LogP contribution in [0, 0.1) is 0 Å². The Morgan fingerprint density at radius 3 is 3.00 bits per heavy atom. The van der Waals surface area contributed by atoms with Crippen molar-refractivity contribution in [3.63, 3.8) is 0 Å². The number of ether oxygens (including phenoxy) is 1. The average molecular weight is 140 g/mol. The Morgan fingerprint density at radius 1 is 1.70 bits per heavy atom. The lowest BCUT2D eigenvalue weighted by atomic mass is 10.6. The fourth-order valence-corrected chi connectivity index (χ4v) is 0.428. The minimum absolute atomic E-state index is 0.0301. The van der Waals surface area contributed by atoms with Crippen molar-refractivity contribution in [2.24, 2.45) is 0 Å². The van der Waals surface area contributed by atoms with Gasteiger partial charge in [-0.3, -0.25) is 0 Å². The normalized spacial score (nSPS) is 8.80. The van der Waals surface area contributed by atoms with Crippen molar-refractivity contribution in [1.29, 1.82) is 0 Å². The van der Waals surface area contributed by atoms with Gasteiger partial charge in [0.05, 0.1) is 0 Å². The lowest BCUT2D eigenvalue weighted by Crippen LogP contribution is -2.03. The standard InChI is InChI=1S/C5H4N2O3/c8-5(9)10-4-1-2-6-3-7-4/h1-3H,(H,8,9). The number of nitrogens with zero attached hydrogens (tertiary/aromatic N) is 2. The summed E-state index contributed by atoms with van der Waals surface area (Å²) in [6.07, 6.45) is 1.22. The first-order chi connectivity index (χ1) is 4.79. The maximum Gasteiger partial charge on any atom is 0.512 e. The molecule has 0 aliphatic heterocycles. The Hall–Kier alpha value is -1.65. The summed E-state index contributed by atoms with van der Waals surface area (Å²) in [4.78, 5) is 17.0. The van der Waals surface area contributed by atoms with Gasteiger partial charge in [0, 0.05) is 12.3 Å². The van der Waals surface area contributed by atoms with Crippen LogP contribution in [0.15, 0.2) is 18.6 Å². The third kappa shape index (κ3) is 1.70. The number of carboxylic acid groups (broad SMARTS) is 1. The van der Waals surface area contributed by atoms with Crippen molar-refractivity contribution in [2.75, 3.05) is 0 Å². The zero-order chi connectivity index (χ0) is 7.40. The summed E-state index contributed by atoms with van der Waals surface area (Å²) in [6.45, 7) is 0. The molecule has 0 bridgehead atoms. The molecule has 0 atom stereocenters. The number of rotatable bonds is 1. The summed E-state index contributed by atoms with van der Waals surface area (Å²) in [5.74, 6) is 0.0301. The second kappa shape index (κ2) is 2.77. The van der Waals surface area contributed by atoms with Crippen LogP contribution < -0.4 is 4.74 Å². The van der Waals surface area contributed by atoms with E-state index in [1.165, 1.54) is 18.6 Å². The number of hydrogen-bond donors (Lipinski definition) is 1. The van der Waals surface area contributed by atoms with E-state index in [9.17, 15) is 4.79 Å². The highest BCUT2D eigenvalue weighted by molar-refractivity contribution is 5.60. The molecular weight excluding hydrogens is 136 g/mol. The molecule has 5 heteroatoms. The molecule has 0 spiro atoms. The quantitative estimate of drug-likeness (QED) is 0.576. The topological polar surface area (TPSA) is 72.3 Å². The zero-order valence-corrected chi connectivity index (χ0v) is 4.89. The highest BCUT2D eigenvalue weighted by Gasteiger charge is 1.98. The van der Waals surface area contributed by atoms with Gasteiger partial charge in [-0.05, 0) is 0 Å². The molecule has 52 valence electrons. The van der Waals surface area contributed by atoms with Crippen LogP contribution in [0.25, 0.3) is 0 Å². The Kier molecular flexibility index (Phi) is 1.79. The van der Waals surface area contributed by atoms with Gasteiger partial charge in [0.1, 0.15) is 6.33 Å². The van der Waals surface area contributed by atoms with Crippen molar-refractivity contribution in [3.05, 3.63) is 18.6 Å². The average Bonchev–Trinajstić information content (AvgIpc) is 1.88. The molecule has 0 fully saturated rings. The van der Waals surface area contributed by atoms with Crippen molar-refractivity contribution in [2.45, 2.75) is 0 Å². The zero-order valence-electron chi connectivity index (χ0n) is 4.89. The van der Waals surface area contributed by atoms with Gasteiger partial charge in [-0.15, -0.1) is 0 Å². The summed E-state index contributed by atoms with van der Waals surface area (Å²) in [7, 11) is 0. The van der Waals surface area contributed by atoms with E-state index in [0.717, 1.165) is 0 Å². The molecular formula is C5H4N2O3. The van der Waals surface area contributed by atoms with Gasteiger partial charge in [0.15, 0.2) is 0 Å². The Balaban J connectivity index is 2.67. The monoisotopic (exact) mass is 140 g/mol. The molecule has 0 radical (unpaired) electrons. The molecule has 0 aliphatic carbocycles. The minimum Gasteiger partial charge on any atom is -0.449 e. The number of aromatic nitrogens is 2. The summed E-state index contributed by atoms with van der Waals surface area (Å²) in [5, 5.41) is 8.08. The first-order valence-corrected chi connectivity index (χ1v) is 2.46. The lowest BCUT2D eigenvalue weighted by Gasteiger charge is -1.93. The van der Waals surface area contributed by atoms with Crippen LogP contribution in [0.3, 0.4) is 0 Å². The van der Waals surface area contributed by atoms with Crippen LogP contribution in [-0.2, 0) is 0 Å². The van der Waals surface area contributed by atoms with E-state index in [4.69, 9.17) is 5.11 Å². The van der Waals surface area contributed by atoms with Crippen molar-refractivity contribution >= 4 is 6.16 Å². The third-order valence-electron chi connectivity index (χ3n) is 0.747. The first-order valence-electron chi connectivity index (χ1n) is 2.46. The smallest absolute Gasteiger partial charge is 0.449 e. The minimum atomic E-state index is -1.38. The fraction of sp³-hybridized carbons (Fsp3) is 0. The van der Waals surface area contributed by atoms with Gasteiger partial charge in [-0.1, -0.05) is 0 Å². The van der Waals surface area contributed by atoms with E-state index in [2.05, 4.69) is 14.7 Å². The van der Waals surface area contributed by atoms with E-state index >= 15 is 0 Å². The Bertz CT molecular complexity index is 224. The van der Waals surface area contributed by atoms with Crippen molar-refractivity contribution in [3.8, 4) is 5.88 Å². The van der Waals surface area contributed by atoms with E-state index in [1.807, 2.05) is 0 Å². The lowest BCUT2D eigenvalue weighted by molar-refractivity contribution is 0.142. The van der Waals surface area contributed by atoms with Crippen LogP contribution in [0.5, 0.6) is 5.88 Å². The van der Waals surface area contributed by atoms with Crippen LogP contribution in [0.4, 0.5) is 4.79 Å². The summed E-state index contributed by atoms with van der Waals surface area (Å²) in [6, 6.07) is 1.36. The maximum atomic E-state index is 9.89. The first kappa shape index (κ1) is 6.47. The predicted molar refractivity (Wildman–Crippen MR) is 30.7 cm³/mol. The molecule has 0 aliphatic rings. The van der Waals surface area contributed by atoms with Gasteiger partial charge in [0.25, 0.3) is 0 Å². The van der Waals surface area contributed by atoms with Crippen LogP contribution in [-0.4, -0.2) is 21.2 Å². The molecule has 0 saturated carbocycles. The van der Waals surface area contributed by atoms with E-state index in [1.54, 1.807) is 0 Å². The van der Waals surface area contributed by atoms with Crippen LogP contribution >= 0.6 is 0 Å². The van der Waals surface area contributed by atoms with E-state index in [-0.39, 0.29) is 5.88 Å². The van der Waals surface area contributed by atoms with Gasteiger partial charge < -0.3 is 9.84 Å². The molecule has 1 aromatic rings. The van der Waals surface area contributed by atoms with Crippen molar-refractivity contribution < 1.29 is 14.6 Å². The second-order valence-corrected chi connectivity index (χ2v) is 1.42. The summed E-state index contributed by atoms with van der Waals surface area (Å²) >= 11 is 0. The molecule has 5 nitrogen and oxygen atoms in total. The molecule has 10 heavy (non-hydrogen) atoms.